The van der Waals surface area contributed by atoms with Crippen LogP contribution in [-0.2, 0) is 30.1 Å². The number of aromatic nitrogens is 4. The van der Waals surface area contributed by atoms with Crippen LogP contribution in [0.25, 0.3) is 22.3 Å². The summed E-state index contributed by atoms with van der Waals surface area (Å²) in [7, 11) is 1.69. The summed E-state index contributed by atoms with van der Waals surface area (Å²) in [5.74, 6) is -1.91. The van der Waals surface area contributed by atoms with Crippen LogP contribution in [0.3, 0.4) is 0 Å². The maximum atomic E-state index is 15.7. The molecule has 0 fully saturated rings. The van der Waals surface area contributed by atoms with Gasteiger partial charge in [-0.2, -0.15) is 21.3 Å². The Morgan fingerprint density at radius 3 is 2.67 bits per heavy atom. The fraction of sp³-hybridized carbons (Fsp3) is 0.395. The minimum atomic E-state index is -1.10. The molecule has 3 heterocycles. The summed E-state index contributed by atoms with van der Waals surface area (Å²) in [6.07, 6.45) is 4.86. The van der Waals surface area contributed by atoms with E-state index in [1.165, 1.54) is 22.9 Å². The Bertz CT molecular complexity index is 2020. The number of hydrogen-bond acceptors (Lipinski definition) is 5. The zero-order valence-electron chi connectivity index (χ0n) is 28.4. The van der Waals surface area contributed by atoms with Gasteiger partial charge in [-0.05, 0) is 84.9 Å². The monoisotopic (exact) mass is 690 g/mol. The molecule has 0 aliphatic carbocycles. The van der Waals surface area contributed by atoms with Gasteiger partial charge in [0, 0.05) is 24.2 Å². The maximum Gasteiger partial charge on any atom is 0.306 e. The highest BCUT2D eigenvalue weighted by atomic mass is 32.2. The number of fused-ring (bicyclic) bond motifs is 8. The summed E-state index contributed by atoms with van der Waals surface area (Å²) in [6, 6.07) is 13.7. The van der Waals surface area contributed by atoms with Crippen LogP contribution < -0.4 is 4.74 Å². The topological polar surface area (TPSA) is 93.0 Å². The number of aliphatic carboxylic acids is 1. The molecule has 7 nitrogen and oxygen atoms in total. The minimum Gasteiger partial charge on any atom is -0.481 e. The second-order valence-electron chi connectivity index (χ2n) is 14.1. The van der Waals surface area contributed by atoms with E-state index in [1.54, 1.807) is 38.0 Å². The number of H-pyrrole nitrogens is 1. The lowest BCUT2D eigenvalue weighted by molar-refractivity contribution is -0.141. The van der Waals surface area contributed by atoms with E-state index < -0.39 is 34.8 Å². The first kappa shape index (κ1) is 34.6. The van der Waals surface area contributed by atoms with Crippen LogP contribution in [0.5, 0.6) is 11.5 Å². The first-order valence-corrected chi connectivity index (χ1v) is 17.7. The smallest absolute Gasteiger partial charge is 0.306 e. The number of ether oxygens (including phenoxy) is 1. The van der Waals surface area contributed by atoms with Crippen molar-refractivity contribution in [2.24, 2.45) is 18.4 Å². The van der Waals surface area contributed by atoms with Gasteiger partial charge in [0.05, 0.1) is 22.4 Å². The Kier molecular flexibility index (Phi) is 9.59. The summed E-state index contributed by atoms with van der Waals surface area (Å²) in [4.78, 5) is 19.4. The molecule has 3 aromatic carbocycles. The molecular formula is C38H41F3N4O3S. The van der Waals surface area contributed by atoms with Crippen LogP contribution in [0.1, 0.15) is 69.5 Å². The highest BCUT2D eigenvalue weighted by molar-refractivity contribution is 7.99. The summed E-state index contributed by atoms with van der Waals surface area (Å²) in [6.45, 7) is 8.23. The van der Waals surface area contributed by atoms with Gasteiger partial charge < -0.3 is 14.8 Å². The van der Waals surface area contributed by atoms with Crippen molar-refractivity contribution in [1.29, 1.82) is 0 Å². The van der Waals surface area contributed by atoms with E-state index in [-0.39, 0.29) is 33.8 Å². The van der Waals surface area contributed by atoms with Crippen molar-refractivity contribution in [1.82, 2.24) is 19.7 Å². The van der Waals surface area contributed by atoms with Crippen LogP contribution in [-0.4, -0.2) is 42.3 Å². The fourth-order valence-corrected chi connectivity index (χ4v) is 7.90. The number of carboxylic acids is 1. The number of nitrogens with zero attached hydrogens (tertiary/aromatic N) is 3. The van der Waals surface area contributed by atoms with Crippen molar-refractivity contribution < 1.29 is 27.8 Å². The van der Waals surface area contributed by atoms with Gasteiger partial charge in [-0.15, -0.1) is 0 Å². The number of rotatable bonds is 4. The molecule has 6 rings (SSSR count). The lowest BCUT2D eigenvalue weighted by Gasteiger charge is -2.31. The van der Waals surface area contributed by atoms with E-state index in [2.05, 4.69) is 25.8 Å². The van der Waals surface area contributed by atoms with Crippen LogP contribution >= 0.6 is 11.8 Å². The van der Waals surface area contributed by atoms with Crippen LogP contribution in [0.15, 0.2) is 54.7 Å². The number of aromatic amines is 1. The third-order valence-electron chi connectivity index (χ3n) is 9.66. The van der Waals surface area contributed by atoms with Crippen molar-refractivity contribution in [2.45, 2.75) is 65.2 Å². The van der Waals surface area contributed by atoms with Crippen molar-refractivity contribution in [3.63, 3.8) is 0 Å². The fourth-order valence-electron chi connectivity index (χ4n) is 6.71. The average Bonchev–Trinajstić information content (AvgIpc) is 3.71. The highest BCUT2D eigenvalue weighted by Crippen LogP contribution is 2.42. The van der Waals surface area contributed by atoms with Crippen LogP contribution in [0.4, 0.5) is 13.2 Å². The number of halogens is 3. The zero-order chi connectivity index (χ0) is 35.1. The Morgan fingerprint density at radius 1 is 1.10 bits per heavy atom. The third-order valence-corrected chi connectivity index (χ3v) is 11.1. The first-order chi connectivity index (χ1) is 23.3. The van der Waals surface area contributed by atoms with Crippen LogP contribution in [0, 0.1) is 28.8 Å². The Balaban J connectivity index is 1.47. The van der Waals surface area contributed by atoms with E-state index in [4.69, 9.17) is 14.8 Å². The van der Waals surface area contributed by atoms with E-state index >= 15 is 13.2 Å². The Hall–Kier alpha value is -4.25. The summed E-state index contributed by atoms with van der Waals surface area (Å²) in [5.41, 5.74) is 1.87. The van der Waals surface area contributed by atoms with Gasteiger partial charge in [0.25, 0.3) is 0 Å². The number of carboxylic acid groups (broad SMARTS) is 1. The molecule has 0 amide bonds. The highest BCUT2D eigenvalue weighted by Gasteiger charge is 2.35. The number of nitrogens with one attached hydrogen (secondary N) is 1. The van der Waals surface area contributed by atoms with Gasteiger partial charge in [-0.3, -0.25) is 4.79 Å². The first-order valence-electron chi connectivity index (χ1n) is 16.5. The standard InChI is InChI=1S/C38H41F3N4O3S/c1-22(35(46)47)18-23-8-6-9-24(19-23)38(4)15-7-14-37(2,3)21-49-17-13-27-26-12-16-42-32(26)30(40)31(41)33(27)48-25-10-11-29(39)28(20-25)34-43-36(38)44-45(34)5/h6,8-12,16,19-20,22,42H,7,13-15,17-18,21H2,1-5H3,(H,46,47)/t22-,38-/m1/s1. The molecule has 0 saturated carbocycles. The Morgan fingerprint density at radius 2 is 1.90 bits per heavy atom. The molecule has 11 heteroatoms. The Labute approximate surface area is 288 Å². The molecule has 0 unspecified atom stereocenters. The summed E-state index contributed by atoms with van der Waals surface area (Å²) in [5, 5.41) is 14.9. The zero-order valence-corrected chi connectivity index (χ0v) is 29.2. The molecular weight excluding hydrogens is 650 g/mol. The van der Waals surface area contributed by atoms with Crippen molar-refractivity contribution in [3.8, 4) is 22.9 Å². The number of thioether (sulfide) groups is 1. The predicted molar refractivity (Wildman–Crippen MR) is 187 cm³/mol. The second kappa shape index (κ2) is 13.6. The molecule has 2 atom stereocenters. The summed E-state index contributed by atoms with van der Waals surface area (Å²) < 4.78 is 54.1. The van der Waals surface area contributed by atoms with Gasteiger partial charge in [0.15, 0.2) is 23.2 Å². The van der Waals surface area contributed by atoms with Crippen molar-refractivity contribution in [2.75, 3.05) is 11.5 Å². The van der Waals surface area contributed by atoms with E-state index in [1.807, 2.05) is 24.3 Å². The molecule has 2 N–H and O–H groups in total. The largest absolute Gasteiger partial charge is 0.481 e. The molecule has 4 bridgehead atoms. The van der Waals surface area contributed by atoms with E-state index in [9.17, 15) is 9.90 Å². The third kappa shape index (κ3) is 6.95. The normalized spacial score (nSPS) is 19.0. The SMILES string of the molecule is C[C@H](Cc1cccc([C@@]2(C)CCCC(C)(C)CSCCc3c(c(F)c(F)c4[nH]ccc34)Oc3ccc(F)c(c3)-c3nc2nn3C)c1)C(=O)O. The second-order valence-corrected chi connectivity index (χ2v) is 15.2. The minimum absolute atomic E-state index is 0.0319. The van der Waals surface area contributed by atoms with Gasteiger partial charge in [0.1, 0.15) is 11.6 Å². The number of benzene rings is 3. The molecule has 2 aromatic heterocycles. The number of aryl methyl sites for hydroxylation is 2. The van der Waals surface area contributed by atoms with Crippen LogP contribution in [0.2, 0.25) is 0 Å². The lowest BCUT2D eigenvalue weighted by atomic mass is 9.75. The molecule has 0 spiro atoms. The maximum absolute atomic E-state index is 15.7. The molecule has 1 aliphatic rings. The van der Waals surface area contributed by atoms with Crippen molar-refractivity contribution in [3.05, 3.63) is 94.7 Å². The predicted octanol–water partition coefficient (Wildman–Crippen LogP) is 9.23. The van der Waals surface area contributed by atoms with Gasteiger partial charge in [-0.1, -0.05) is 51.5 Å². The number of hydrogen-bond donors (Lipinski definition) is 2. The molecule has 49 heavy (non-hydrogen) atoms. The van der Waals surface area contributed by atoms with E-state index in [0.29, 0.717) is 41.8 Å². The molecule has 5 aromatic rings. The lowest BCUT2D eigenvalue weighted by Crippen LogP contribution is -2.27. The van der Waals surface area contributed by atoms with Crippen molar-refractivity contribution >= 4 is 28.6 Å². The molecule has 258 valence electrons. The molecule has 0 saturated heterocycles. The molecule has 1 aliphatic heterocycles. The average molecular weight is 691 g/mol. The van der Waals surface area contributed by atoms with Gasteiger partial charge >= 0.3 is 5.97 Å². The van der Waals surface area contributed by atoms with Gasteiger partial charge in [0.2, 0.25) is 5.82 Å². The van der Waals surface area contributed by atoms with Gasteiger partial charge in [-0.25, -0.2) is 18.4 Å². The quantitative estimate of drug-likeness (QED) is 0.195. The number of carbonyl (C=O) groups is 1. The van der Waals surface area contributed by atoms with E-state index in [0.717, 1.165) is 29.7 Å². The molecule has 0 radical (unpaired) electrons. The summed E-state index contributed by atoms with van der Waals surface area (Å²) >= 11 is 1.76.